The van der Waals surface area contributed by atoms with Crippen LogP contribution in [0.2, 0.25) is 0 Å². The Labute approximate surface area is 115 Å². The van der Waals surface area contributed by atoms with Crippen LogP contribution in [0.1, 0.15) is 32.3 Å². The highest BCUT2D eigenvalue weighted by atomic mass is 16.2. The summed E-state index contributed by atoms with van der Waals surface area (Å²) in [5.41, 5.74) is 1.21. The minimum absolute atomic E-state index is 0.276. The van der Waals surface area contributed by atoms with E-state index in [0.29, 0.717) is 18.4 Å². The molecule has 104 valence electrons. The van der Waals surface area contributed by atoms with Crippen LogP contribution in [0.15, 0.2) is 24.5 Å². The Kier molecular flexibility index (Phi) is 4.91. The molecule has 1 aliphatic heterocycles. The van der Waals surface area contributed by atoms with Crippen molar-refractivity contribution in [3.63, 3.8) is 0 Å². The molecule has 0 spiro atoms. The van der Waals surface area contributed by atoms with Crippen LogP contribution in [0.5, 0.6) is 0 Å². The Hall–Kier alpha value is -1.42. The second-order valence-corrected chi connectivity index (χ2v) is 5.31. The van der Waals surface area contributed by atoms with E-state index in [1.165, 1.54) is 5.56 Å². The predicted molar refractivity (Wildman–Crippen MR) is 75.5 cm³/mol. The maximum atomic E-state index is 11.7. The first-order valence-corrected chi connectivity index (χ1v) is 7.10. The molecule has 0 aliphatic carbocycles. The normalized spacial score (nSPS) is 23.4. The summed E-state index contributed by atoms with van der Waals surface area (Å²) in [5.74, 6) is 0.776. The van der Waals surface area contributed by atoms with Crippen LogP contribution in [0.3, 0.4) is 0 Å². The summed E-state index contributed by atoms with van der Waals surface area (Å²) in [6.07, 6.45) is 5.34. The van der Waals surface area contributed by atoms with E-state index in [1.807, 2.05) is 24.1 Å². The minimum Gasteiger partial charge on any atom is -0.342 e. The number of hydrogen-bond donors (Lipinski definition) is 1. The third-order valence-corrected chi connectivity index (χ3v) is 3.85. The first-order chi connectivity index (χ1) is 9.20. The van der Waals surface area contributed by atoms with Crippen molar-refractivity contribution in [2.45, 2.75) is 39.3 Å². The summed E-state index contributed by atoms with van der Waals surface area (Å²) in [5, 5.41) is 3.59. The third kappa shape index (κ3) is 3.77. The van der Waals surface area contributed by atoms with Gasteiger partial charge in [0, 0.05) is 44.5 Å². The number of piperidine rings is 1. The highest BCUT2D eigenvalue weighted by molar-refractivity contribution is 5.75. The topological polar surface area (TPSA) is 45.2 Å². The molecule has 4 heteroatoms. The molecular weight excluding hydrogens is 238 g/mol. The molecule has 1 fully saturated rings. The number of aromatic nitrogens is 1. The van der Waals surface area contributed by atoms with E-state index < -0.39 is 0 Å². The molecule has 1 N–H and O–H groups in total. The molecule has 1 aromatic heterocycles. The van der Waals surface area contributed by atoms with E-state index >= 15 is 0 Å². The zero-order valence-electron chi connectivity index (χ0n) is 11.8. The summed E-state index contributed by atoms with van der Waals surface area (Å²) in [7, 11) is 0. The van der Waals surface area contributed by atoms with Gasteiger partial charge in [-0.05, 0) is 24.0 Å². The lowest BCUT2D eigenvalue weighted by molar-refractivity contribution is -0.132. The van der Waals surface area contributed by atoms with E-state index in [-0.39, 0.29) is 5.91 Å². The Morgan fingerprint density at radius 3 is 3.05 bits per heavy atom. The largest absolute Gasteiger partial charge is 0.342 e. The Morgan fingerprint density at radius 1 is 1.58 bits per heavy atom. The molecule has 4 nitrogen and oxygen atoms in total. The SMILES string of the molecule is CCC(=O)N1CC[C@H](NCc2cccnc2)[C@H](C)C1. The van der Waals surface area contributed by atoms with Crippen LogP contribution >= 0.6 is 0 Å². The number of carbonyl (C=O) groups is 1. The number of rotatable bonds is 4. The predicted octanol–water partition coefficient (Wildman–Crippen LogP) is 1.82. The molecule has 0 radical (unpaired) electrons. The minimum atomic E-state index is 0.276. The van der Waals surface area contributed by atoms with Crippen molar-refractivity contribution in [3.05, 3.63) is 30.1 Å². The number of nitrogens with one attached hydrogen (secondary N) is 1. The Balaban J connectivity index is 1.82. The molecule has 0 bridgehead atoms. The van der Waals surface area contributed by atoms with E-state index in [9.17, 15) is 4.79 Å². The second-order valence-electron chi connectivity index (χ2n) is 5.31. The van der Waals surface area contributed by atoms with Gasteiger partial charge in [0.05, 0.1) is 0 Å². The fourth-order valence-electron chi connectivity index (χ4n) is 2.65. The molecule has 0 aromatic carbocycles. The van der Waals surface area contributed by atoms with E-state index in [2.05, 4.69) is 23.3 Å². The van der Waals surface area contributed by atoms with Gasteiger partial charge in [-0.25, -0.2) is 0 Å². The quantitative estimate of drug-likeness (QED) is 0.899. The van der Waals surface area contributed by atoms with Crippen molar-refractivity contribution < 1.29 is 4.79 Å². The van der Waals surface area contributed by atoms with Gasteiger partial charge in [0.2, 0.25) is 5.91 Å². The maximum Gasteiger partial charge on any atom is 0.222 e. The third-order valence-electron chi connectivity index (χ3n) is 3.85. The first-order valence-electron chi connectivity index (χ1n) is 7.10. The number of amides is 1. The molecule has 0 saturated carbocycles. The molecule has 2 heterocycles. The molecule has 1 aliphatic rings. The zero-order valence-corrected chi connectivity index (χ0v) is 11.8. The van der Waals surface area contributed by atoms with Crippen molar-refractivity contribution in [1.82, 2.24) is 15.2 Å². The summed E-state index contributed by atoms with van der Waals surface area (Å²) in [6.45, 7) is 6.75. The summed E-state index contributed by atoms with van der Waals surface area (Å²) in [6, 6.07) is 4.53. The van der Waals surface area contributed by atoms with Crippen molar-refractivity contribution in [3.8, 4) is 0 Å². The van der Waals surface area contributed by atoms with Crippen molar-refractivity contribution in [2.24, 2.45) is 5.92 Å². The highest BCUT2D eigenvalue weighted by Crippen LogP contribution is 2.18. The van der Waals surface area contributed by atoms with Crippen LogP contribution in [-0.2, 0) is 11.3 Å². The van der Waals surface area contributed by atoms with Crippen molar-refractivity contribution in [1.29, 1.82) is 0 Å². The summed E-state index contributed by atoms with van der Waals surface area (Å²) in [4.78, 5) is 17.8. The van der Waals surface area contributed by atoms with Gasteiger partial charge in [0.15, 0.2) is 0 Å². The van der Waals surface area contributed by atoms with E-state index in [1.54, 1.807) is 6.20 Å². The van der Waals surface area contributed by atoms with Gasteiger partial charge in [-0.2, -0.15) is 0 Å². The van der Waals surface area contributed by atoms with Crippen LogP contribution in [0.25, 0.3) is 0 Å². The standard InChI is InChI=1S/C15H23N3O/c1-3-15(19)18-8-6-14(12(2)11-18)17-10-13-5-4-7-16-9-13/h4-5,7,9,12,14,17H,3,6,8,10-11H2,1-2H3/t12-,14+/m1/s1. The molecule has 19 heavy (non-hydrogen) atoms. The van der Waals surface area contributed by atoms with Gasteiger partial charge in [-0.1, -0.05) is 19.9 Å². The smallest absolute Gasteiger partial charge is 0.222 e. The lowest BCUT2D eigenvalue weighted by Crippen LogP contribution is -2.49. The molecule has 0 unspecified atom stereocenters. The molecule has 1 aromatic rings. The summed E-state index contributed by atoms with van der Waals surface area (Å²) < 4.78 is 0. The van der Waals surface area contributed by atoms with Crippen LogP contribution in [0.4, 0.5) is 0 Å². The average molecular weight is 261 g/mol. The van der Waals surface area contributed by atoms with Crippen LogP contribution < -0.4 is 5.32 Å². The van der Waals surface area contributed by atoms with Crippen LogP contribution in [0, 0.1) is 5.92 Å². The number of likely N-dealkylation sites (tertiary alicyclic amines) is 1. The van der Waals surface area contributed by atoms with E-state index in [4.69, 9.17) is 0 Å². The van der Waals surface area contributed by atoms with Crippen molar-refractivity contribution in [2.75, 3.05) is 13.1 Å². The van der Waals surface area contributed by atoms with Gasteiger partial charge >= 0.3 is 0 Å². The van der Waals surface area contributed by atoms with Crippen LogP contribution in [-0.4, -0.2) is 34.9 Å². The number of pyridine rings is 1. The zero-order chi connectivity index (χ0) is 13.7. The molecule has 1 saturated heterocycles. The first kappa shape index (κ1) is 14.0. The van der Waals surface area contributed by atoms with Gasteiger partial charge in [-0.15, -0.1) is 0 Å². The lowest BCUT2D eigenvalue weighted by Gasteiger charge is -2.37. The second kappa shape index (κ2) is 6.66. The molecule has 1 amide bonds. The van der Waals surface area contributed by atoms with Gasteiger partial charge in [-0.3, -0.25) is 9.78 Å². The Bertz CT molecular complexity index is 407. The number of carbonyl (C=O) groups excluding carboxylic acids is 1. The number of hydrogen-bond acceptors (Lipinski definition) is 3. The molecule has 2 atom stereocenters. The van der Waals surface area contributed by atoms with Gasteiger partial charge in [0.1, 0.15) is 0 Å². The average Bonchev–Trinajstić information content (AvgIpc) is 2.46. The fraction of sp³-hybridized carbons (Fsp3) is 0.600. The van der Waals surface area contributed by atoms with Gasteiger partial charge < -0.3 is 10.2 Å². The molecular formula is C15H23N3O. The van der Waals surface area contributed by atoms with Crippen molar-refractivity contribution >= 4 is 5.91 Å². The summed E-state index contributed by atoms with van der Waals surface area (Å²) >= 11 is 0. The molecule has 2 rings (SSSR count). The monoisotopic (exact) mass is 261 g/mol. The van der Waals surface area contributed by atoms with Gasteiger partial charge in [0.25, 0.3) is 0 Å². The Morgan fingerprint density at radius 2 is 2.42 bits per heavy atom. The van der Waals surface area contributed by atoms with E-state index in [0.717, 1.165) is 26.1 Å². The fourth-order valence-corrected chi connectivity index (χ4v) is 2.65. The highest BCUT2D eigenvalue weighted by Gasteiger charge is 2.27. The number of nitrogens with zero attached hydrogens (tertiary/aromatic N) is 2. The lowest BCUT2D eigenvalue weighted by atomic mass is 9.93. The maximum absolute atomic E-state index is 11.7.